The summed E-state index contributed by atoms with van der Waals surface area (Å²) in [6, 6.07) is 39.3. The van der Waals surface area contributed by atoms with Gasteiger partial charge in [-0.25, -0.2) is 0 Å². The van der Waals surface area contributed by atoms with Gasteiger partial charge in [-0.15, -0.1) is 0 Å². The average molecular weight is 1260 g/mol. The van der Waals surface area contributed by atoms with E-state index in [2.05, 4.69) is 147 Å². The molecule has 0 unspecified atom stereocenters. The standard InChI is InChI=1S/C13H14N2O2.2C13H14N2O.3C12H12N2O/c1-16-13-9(8-12-14-5-6-15-12)2-3-11-10(13)4-7-17-11;1-9-11(8-12-14-5-6-15-12)3-2-10-4-7-16-13(9)10;1-9-2-3-10-4-7-16-13(10)11(9)8-12-14-5-6-15-12;2*1-2-10(6-14-5-4-13-9-14)12-8-15-7-11(12)3-1;1-2-4-11-10(3-1)8-15-12(11)7-14-6-5-13-9-14/h2-4,7H,5-6,8H2,1H3,(H,14,15);2*2-4,7H,5-6,8H2,1H3,(H,14,15);2*1-3,7-9H,4-6H2;1-4,8-9H,5-7H2. The van der Waals surface area contributed by atoms with Gasteiger partial charge >= 0.3 is 0 Å². The second-order valence-corrected chi connectivity index (χ2v) is 23.6. The van der Waals surface area contributed by atoms with E-state index in [1.807, 2.05) is 80.3 Å². The number of fused-ring (bicyclic) bond motifs is 6. The minimum Gasteiger partial charge on any atom is -0.496 e. The monoisotopic (exact) mass is 1260 g/mol. The first-order valence-electron chi connectivity index (χ1n) is 32.2. The van der Waals surface area contributed by atoms with Crippen LogP contribution in [0.15, 0.2) is 222 Å². The number of aliphatic imine (C=N–C) groups is 6. The molecule has 480 valence electrons. The van der Waals surface area contributed by atoms with Crippen molar-refractivity contribution >= 4 is 102 Å². The fourth-order valence-electron chi connectivity index (χ4n) is 12.3. The van der Waals surface area contributed by atoms with E-state index in [1.165, 1.54) is 76.5 Å². The minimum atomic E-state index is 0.782. The molecule has 18 rings (SSSR count). The van der Waals surface area contributed by atoms with Crippen molar-refractivity contribution in [1.29, 1.82) is 0 Å². The number of hydrogen-bond donors (Lipinski definition) is 3. The highest BCUT2D eigenvalue weighted by molar-refractivity contribution is 5.93. The third kappa shape index (κ3) is 15.1. The molecule has 0 bridgehead atoms. The van der Waals surface area contributed by atoms with Crippen LogP contribution in [-0.2, 0) is 38.9 Å². The minimum absolute atomic E-state index is 0.782. The van der Waals surface area contributed by atoms with Gasteiger partial charge in [-0.2, -0.15) is 0 Å². The Hall–Kier alpha value is -10.8. The molecule has 3 N–H and O–H groups in total. The summed E-state index contributed by atoms with van der Waals surface area (Å²) in [7, 11) is 1.69. The lowest BCUT2D eigenvalue weighted by Crippen LogP contribution is -2.20. The van der Waals surface area contributed by atoms with Gasteiger partial charge in [-0.1, -0.05) is 91.0 Å². The molecule has 0 fully saturated rings. The largest absolute Gasteiger partial charge is 0.496 e. The van der Waals surface area contributed by atoms with E-state index in [0.29, 0.717) is 0 Å². The SMILES string of the molecule is C1=NCCN1Cc1cccc2cocc12.C1=NCCN1Cc1cccc2cocc12.C1=NCCN1Cc1occ2ccccc12.COc1c(CC2=NCCN2)ccc2occc12.Cc1c(CC2=NCCN2)ccc2ccoc12.Cc1ccc2ccoc2c1CC1=NCCN1. The molecule has 0 aliphatic carbocycles. The average Bonchev–Trinajstić information content (AvgIpc) is 1.65. The highest BCUT2D eigenvalue weighted by Gasteiger charge is 2.18. The third-order valence-corrected chi connectivity index (χ3v) is 17.3. The van der Waals surface area contributed by atoms with Gasteiger partial charge in [0.25, 0.3) is 0 Å². The highest BCUT2D eigenvalue weighted by atomic mass is 16.5. The molecule has 94 heavy (non-hydrogen) atoms. The Balaban J connectivity index is 0.000000103. The van der Waals surface area contributed by atoms with E-state index >= 15 is 0 Å². The summed E-state index contributed by atoms with van der Waals surface area (Å²) in [5.74, 6) is 5.11. The molecule has 6 aliphatic heterocycles. The van der Waals surface area contributed by atoms with Gasteiger partial charge in [0.05, 0.1) is 127 Å². The van der Waals surface area contributed by atoms with E-state index in [9.17, 15) is 0 Å². The van der Waals surface area contributed by atoms with E-state index in [1.54, 1.807) is 38.4 Å². The number of nitrogens with zero attached hydrogens (tertiary/aromatic N) is 9. The van der Waals surface area contributed by atoms with Crippen LogP contribution in [0.2, 0.25) is 0 Å². The van der Waals surface area contributed by atoms with Crippen LogP contribution in [0.4, 0.5) is 0 Å². The van der Waals surface area contributed by atoms with Gasteiger partial charge in [0.15, 0.2) is 0 Å². The number of ether oxygens (including phenoxy) is 1. The Morgan fingerprint density at radius 3 is 1.55 bits per heavy atom. The molecule has 6 aliphatic rings. The molecule has 19 heteroatoms. The molecule has 0 atom stereocenters. The third-order valence-electron chi connectivity index (χ3n) is 17.3. The predicted molar refractivity (Wildman–Crippen MR) is 377 cm³/mol. The molecule has 19 nitrogen and oxygen atoms in total. The van der Waals surface area contributed by atoms with Crippen LogP contribution in [0.1, 0.15) is 44.7 Å². The number of methoxy groups -OCH3 is 1. The fraction of sp³-hybridized carbons (Fsp3) is 0.280. The van der Waals surface area contributed by atoms with Crippen LogP contribution >= 0.6 is 0 Å². The van der Waals surface area contributed by atoms with Crippen LogP contribution < -0.4 is 20.7 Å². The van der Waals surface area contributed by atoms with Crippen molar-refractivity contribution in [2.75, 3.05) is 85.6 Å². The summed E-state index contributed by atoms with van der Waals surface area (Å²) < 4.78 is 37.9. The normalized spacial score (nSPS) is 15.2. The van der Waals surface area contributed by atoms with Crippen molar-refractivity contribution in [3.05, 3.63) is 210 Å². The topological polar surface area (TPSA) is 208 Å². The van der Waals surface area contributed by atoms with Crippen molar-refractivity contribution in [3.63, 3.8) is 0 Å². The molecule has 0 saturated heterocycles. The number of benzene rings is 6. The summed E-state index contributed by atoms with van der Waals surface area (Å²) in [6.45, 7) is 18.2. The first-order valence-corrected chi connectivity index (χ1v) is 32.2. The van der Waals surface area contributed by atoms with Gasteiger partial charge in [0.2, 0.25) is 0 Å². The van der Waals surface area contributed by atoms with Gasteiger partial charge in [0.1, 0.15) is 45.8 Å². The van der Waals surface area contributed by atoms with Crippen molar-refractivity contribution in [2.45, 2.75) is 52.7 Å². The van der Waals surface area contributed by atoms with Gasteiger partial charge in [-0.3, -0.25) is 30.0 Å². The second kappa shape index (κ2) is 30.1. The Bertz CT molecular complexity index is 4610. The predicted octanol–water partition coefficient (Wildman–Crippen LogP) is 13.4. The summed E-state index contributed by atoms with van der Waals surface area (Å²) in [5, 5.41) is 20.3. The lowest BCUT2D eigenvalue weighted by Gasteiger charge is -2.13. The Labute approximate surface area is 545 Å². The lowest BCUT2D eigenvalue weighted by molar-refractivity contribution is 0.395. The first-order chi connectivity index (χ1) is 46.4. The number of rotatable bonds is 13. The number of amidine groups is 3. The van der Waals surface area contributed by atoms with Crippen LogP contribution in [0.3, 0.4) is 0 Å². The van der Waals surface area contributed by atoms with Crippen molar-refractivity contribution in [3.8, 4) is 5.75 Å². The number of aryl methyl sites for hydroxylation is 2. The molecule has 0 saturated carbocycles. The van der Waals surface area contributed by atoms with Crippen LogP contribution in [0.5, 0.6) is 5.75 Å². The summed E-state index contributed by atoms with van der Waals surface area (Å²) in [6.07, 6.45) is 22.5. The van der Waals surface area contributed by atoms with Gasteiger partial charge in [0, 0.05) is 126 Å². The summed E-state index contributed by atoms with van der Waals surface area (Å²) in [4.78, 5) is 32.5. The number of furan rings is 6. The molecular formula is C75H78N12O7. The van der Waals surface area contributed by atoms with E-state index in [-0.39, 0.29) is 0 Å². The Kier molecular flexibility index (Phi) is 19.8. The number of hydrogen-bond acceptors (Lipinski definition) is 19. The molecule has 0 radical (unpaired) electrons. The molecule has 0 spiro atoms. The molecule has 12 aromatic rings. The number of nitrogens with one attached hydrogen (secondary N) is 3. The maximum absolute atomic E-state index is 5.57. The van der Waals surface area contributed by atoms with E-state index in [4.69, 9.17) is 31.2 Å². The highest BCUT2D eigenvalue weighted by Crippen LogP contribution is 2.32. The zero-order valence-electron chi connectivity index (χ0n) is 53.4. The Morgan fingerprint density at radius 1 is 0.426 bits per heavy atom. The maximum Gasteiger partial charge on any atom is 0.137 e. The van der Waals surface area contributed by atoms with Crippen LogP contribution in [-0.4, -0.2) is 137 Å². The molecule has 12 heterocycles. The maximum atomic E-state index is 5.57. The molecular weight excluding hydrogens is 1180 g/mol. The van der Waals surface area contributed by atoms with Crippen LogP contribution in [0.25, 0.3) is 65.2 Å². The van der Waals surface area contributed by atoms with Crippen molar-refractivity contribution in [1.82, 2.24) is 30.7 Å². The quantitative estimate of drug-likeness (QED) is 0.0983. The van der Waals surface area contributed by atoms with Crippen LogP contribution in [0, 0.1) is 13.8 Å². The fourth-order valence-corrected chi connectivity index (χ4v) is 12.3. The second-order valence-electron chi connectivity index (χ2n) is 23.6. The van der Waals surface area contributed by atoms with E-state index < -0.39 is 0 Å². The molecule has 0 amide bonds. The zero-order chi connectivity index (χ0) is 63.8. The summed E-state index contributed by atoms with van der Waals surface area (Å²) >= 11 is 0. The zero-order valence-corrected chi connectivity index (χ0v) is 53.4. The molecule has 6 aromatic carbocycles. The first kappa shape index (κ1) is 62.0. The summed E-state index contributed by atoms with van der Waals surface area (Å²) in [5.41, 5.74) is 11.6. The lowest BCUT2D eigenvalue weighted by atomic mass is 10.0. The van der Waals surface area contributed by atoms with Gasteiger partial charge in [-0.05, 0) is 65.9 Å². The van der Waals surface area contributed by atoms with Crippen molar-refractivity contribution in [2.24, 2.45) is 30.0 Å². The molecule has 6 aromatic heterocycles. The van der Waals surface area contributed by atoms with Gasteiger partial charge < -0.3 is 61.9 Å². The smallest absolute Gasteiger partial charge is 0.137 e. The Morgan fingerprint density at radius 2 is 0.957 bits per heavy atom. The van der Waals surface area contributed by atoms with Crippen molar-refractivity contribution < 1.29 is 31.2 Å². The van der Waals surface area contributed by atoms with E-state index in [0.717, 1.165) is 174 Å².